The van der Waals surface area contributed by atoms with Crippen molar-refractivity contribution in [2.75, 3.05) is 26.8 Å². The van der Waals surface area contributed by atoms with Crippen LogP contribution in [0, 0.1) is 12.3 Å². The maximum Gasteiger partial charge on any atom is 0.228 e. The van der Waals surface area contributed by atoms with Gasteiger partial charge in [0.25, 0.3) is 0 Å². The molecule has 0 spiro atoms. The molecule has 1 aliphatic heterocycles. The fourth-order valence-corrected chi connectivity index (χ4v) is 4.19. The van der Waals surface area contributed by atoms with E-state index in [1.807, 2.05) is 29.3 Å². The first-order valence-corrected chi connectivity index (χ1v) is 9.89. The minimum atomic E-state index is -0.148. The normalized spacial score (nSPS) is 21.5. The van der Waals surface area contributed by atoms with E-state index in [-0.39, 0.29) is 17.4 Å². The Morgan fingerprint density at radius 1 is 1.42 bits per heavy atom. The van der Waals surface area contributed by atoms with Gasteiger partial charge in [0, 0.05) is 22.9 Å². The minimum absolute atomic E-state index is 0.134. The molecular weight excluding hydrogens is 348 g/mol. The molecule has 1 amide bonds. The van der Waals surface area contributed by atoms with Crippen molar-refractivity contribution < 1.29 is 14.3 Å². The molecule has 0 radical (unpaired) electrons. The van der Waals surface area contributed by atoms with Crippen molar-refractivity contribution in [3.05, 3.63) is 34.2 Å². The van der Waals surface area contributed by atoms with E-state index in [9.17, 15) is 4.79 Å². The topological polar surface area (TPSA) is 51.7 Å². The van der Waals surface area contributed by atoms with Crippen LogP contribution in [0.25, 0.3) is 11.3 Å². The number of thiazole rings is 1. The number of aryl methyl sites for hydroxylation is 1. The van der Waals surface area contributed by atoms with Gasteiger partial charge in [0.2, 0.25) is 5.91 Å². The molecule has 1 aliphatic carbocycles. The number of morpholine rings is 1. The Morgan fingerprint density at radius 3 is 2.96 bits per heavy atom. The number of hydrogen-bond acceptors (Lipinski definition) is 5. The molecule has 0 unspecified atom stereocenters. The lowest BCUT2D eigenvalue weighted by atomic mass is 10.1. The van der Waals surface area contributed by atoms with E-state index in [1.165, 1.54) is 0 Å². The number of hydrogen-bond donors (Lipinski definition) is 0. The van der Waals surface area contributed by atoms with Gasteiger partial charge in [0.15, 0.2) is 0 Å². The maximum absolute atomic E-state index is 12.6. The van der Waals surface area contributed by atoms with Gasteiger partial charge in [-0.3, -0.25) is 4.79 Å². The number of amides is 1. The summed E-state index contributed by atoms with van der Waals surface area (Å²) < 4.78 is 11.4. The molecule has 5 nitrogen and oxygen atoms in total. The number of carbonyl (C=O) groups is 1. The second kappa shape index (κ2) is 6.67. The van der Waals surface area contributed by atoms with Crippen molar-refractivity contribution >= 4 is 17.2 Å². The zero-order chi connectivity index (χ0) is 18.3. The number of carbonyl (C=O) groups excluding carboxylic acids is 1. The van der Waals surface area contributed by atoms with Crippen LogP contribution in [0.15, 0.2) is 23.6 Å². The van der Waals surface area contributed by atoms with Crippen molar-refractivity contribution in [1.29, 1.82) is 0 Å². The predicted molar refractivity (Wildman–Crippen MR) is 101 cm³/mol. The van der Waals surface area contributed by atoms with Crippen LogP contribution in [0.5, 0.6) is 5.75 Å². The highest BCUT2D eigenvalue weighted by Gasteiger charge is 2.48. The van der Waals surface area contributed by atoms with E-state index in [2.05, 4.69) is 13.0 Å². The van der Waals surface area contributed by atoms with E-state index in [4.69, 9.17) is 14.5 Å². The highest BCUT2D eigenvalue weighted by molar-refractivity contribution is 7.10. The summed E-state index contributed by atoms with van der Waals surface area (Å²) in [6, 6.07) is 6.12. The third-order valence-electron chi connectivity index (χ3n) is 5.30. The molecule has 2 aliphatic rings. The van der Waals surface area contributed by atoms with E-state index in [0.717, 1.165) is 40.4 Å². The Hall–Kier alpha value is -1.92. The summed E-state index contributed by atoms with van der Waals surface area (Å²) in [6.07, 6.45) is 1.86. The monoisotopic (exact) mass is 372 g/mol. The molecule has 0 N–H and O–H groups in total. The summed E-state index contributed by atoms with van der Waals surface area (Å²) in [4.78, 5) is 19.4. The Morgan fingerprint density at radius 2 is 2.23 bits per heavy atom. The van der Waals surface area contributed by atoms with E-state index in [0.29, 0.717) is 19.7 Å². The van der Waals surface area contributed by atoms with Crippen molar-refractivity contribution in [3.8, 4) is 17.0 Å². The number of aromatic nitrogens is 1. The molecule has 1 atom stereocenters. The number of nitrogens with zero attached hydrogens (tertiary/aromatic N) is 2. The van der Waals surface area contributed by atoms with Crippen molar-refractivity contribution in [2.45, 2.75) is 32.8 Å². The highest BCUT2D eigenvalue weighted by atomic mass is 32.1. The molecule has 1 saturated heterocycles. The lowest BCUT2D eigenvalue weighted by molar-refractivity contribution is -0.144. The second-order valence-corrected chi connectivity index (χ2v) is 8.34. The fraction of sp³-hybridized carbons (Fsp3) is 0.500. The Balaban J connectivity index is 1.53. The summed E-state index contributed by atoms with van der Waals surface area (Å²) in [5.41, 5.74) is 2.89. The third-order valence-corrected chi connectivity index (χ3v) is 6.24. The molecule has 4 rings (SSSR count). The first-order valence-electron chi connectivity index (χ1n) is 9.01. The highest BCUT2D eigenvalue weighted by Crippen LogP contribution is 2.47. The molecule has 1 saturated carbocycles. The standard InChI is InChI=1S/C20H24N2O3S/c1-13-4-5-14(16(10-13)24-3)15-12-26-18(21-15)17-11-22(8-9-25-17)19(23)20(2)6-7-20/h4-5,10,12,17H,6-9,11H2,1-3H3/t17-/m1/s1. The quantitative estimate of drug-likeness (QED) is 0.819. The molecule has 1 aromatic carbocycles. The number of methoxy groups -OCH3 is 1. The van der Waals surface area contributed by atoms with Crippen LogP contribution in [-0.4, -0.2) is 42.6 Å². The molecule has 26 heavy (non-hydrogen) atoms. The summed E-state index contributed by atoms with van der Waals surface area (Å²) in [7, 11) is 1.68. The fourth-order valence-electron chi connectivity index (χ4n) is 3.34. The molecule has 2 aromatic rings. The molecule has 138 valence electrons. The van der Waals surface area contributed by atoms with E-state index in [1.54, 1.807) is 18.4 Å². The van der Waals surface area contributed by atoms with Crippen LogP contribution in [0.2, 0.25) is 0 Å². The van der Waals surface area contributed by atoms with E-state index < -0.39 is 0 Å². The van der Waals surface area contributed by atoms with Gasteiger partial charge >= 0.3 is 0 Å². The summed E-state index contributed by atoms with van der Waals surface area (Å²) in [6.45, 7) is 5.93. The van der Waals surface area contributed by atoms with Gasteiger partial charge in [-0.05, 0) is 37.5 Å². The van der Waals surface area contributed by atoms with Gasteiger partial charge in [-0.1, -0.05) is 13.0 Å². The average Bonchev–Trinajstić information content (AvgIpc) is 3.22. The smallest absolute Gasteiger partial charge is 0.228 e. The minimum Gasteiger partial charge on any atom is -0.496 e. The summed E-state index contributed by atoms with van der Waals surface area (Å²) in [5, 5.41) is 2.95. The first kappa shape index (κ1) is 17.5. The average molecular weight is 372 g/mol. The van der Waals surface area contributed by atoms with Gasteiger partial charge in [-0.15, -0.1) is 11.3 Å². The van der Waals surface area contributed by atoms with Gasteiger partial charge < -0.3 is 14.4 Å². The van der Waals surface area contributed by atoms with Crippen molar-refractivity contribution in [2.24, 2.45) is 5.41 Å². The largest absolute Gasteiger partial charge is 0.496 e. The summed E-state index contributed by atoms with van der Waals surface area (Å²) >= 11 is 1.58. The lowest BCUT2D eigenvalue weighted by Gasteiger charge is -2.33. The van der Waals surface area contributed by atoms with Crippen molar-refractivity contribution in [1.82, 2.24) is 9.88 Å². The van der Waals surface area contributed by atoms with Crippen LogP contribution in [-0.2, 0) is 9.53 Å². The van der Waals surface area contributed by atoms with Crippen LogP contribution in [0.3, 0.4) is 0 Å². The molecular formula is C20H24N2O3S. The Labute approximate surface area is 157 Å². The second-order valence-electron chi connectivity index (χ2n) is 7.45. The third kappa shape index (κ3) is 3.23. The Kier molecular flexibility index (Phi) is 4.49. The van der Waals surface area contributed by atoms with Gasteiger partial charge in [0.1, 0.15) is 16.9 Å². The van der Waals surface area contributed by atoms with Crippen LogP contribution < -0.4 is 4.74 Å². The SMILES string of the molecule is COc1cc(C)ccc1-c1csc([C@H]2CN(C(=O)C3(C)CC3)CCO2)n1. The van der Waals surface area contributed by atoms with Crippen LogP contribution in [0.1, 0.15) is 36.4 Å². The number of rotatable bonds is 4. The van der Waals surface area contributed by atoms with Gasteiger partial charge in [0.05, 0.1) is 26.0 Å². The molecule has 0 bridgehead atoms. The predicted octanol–water partition coefficient (Wildman–Crippen LogP) is 3.83. The van der Waals surface area contributed by atoms with Crippen LogP contribution >= 0.6 is 11.3 Å². The Bertz CT molecular complexity index is 828. The lowest BCUT2D eigenvalue weighted by Crippen LogP contribution is -2.45. The van der Waals surface area contributed by atoms with Gasteiger partial charge in [-0.2, -0.15) is 0 Å². The summed E-state index contributed by atoms with van der Waals surface area (Å²) in [5.74, 6) is 1.09. The molecule has 1 aromatic heterocycles. The van der Waals surface area contributed by atoms with Gasteiger partial charge in [-0.25, -0.2) is 4.98 Å². The zero-order valence-electron chi connectivity index (χ0n) is 15.4. The van der Waals surface area contributed by atoms with Crippen LogP contribution in [0.4, 0.5) is 0 Å². The van der Waals surface area contributed by atoms with Crippen molar-refractivity contribution in [3.63, 3.8) is 0 Å². The molecule has 2 heterocycles. The maximum atomic E-state index is 12.6. The zero-order valence-corrected chi connectivity index (χ0v) is 16.3. The molecule has 6 heteroatoms. The molecule has 2 fully saturated rings. The number of benzene rings is 1. The first-order chi connectivity index (χ1) is 12.5. The van der Waals surface area contributed by atoms with E-state index >= 15 is 0 Å². The number of ether oxygens (including phenoxy) is 2.